The molecule has 5 rings (SSSR count). The molecular formula is C23H15N3O4. The standard InChI is InChI=1S/C23H15N3O4/c27-21-16-10-4-5-11-17(16)22(28)26(21)25-20(14-30-15-8-2-1-3-9-15)24-19-13-7-6-12-18(19)23(25)29/h1-13H,14H2. The van der Waals surface area contributed by atoms with Crippen molar-refractivity contribution < 1.29 is 14.3 Å². The molecule has 0 saturated carbocycles. The average Bonchev–Trinajstić information content (AvgIpc) is 3.04. The first kappa shape index (κ1) is 17.8. The number of benzene rings is 3. The Balaban J connectivity index is 1.67. The van der Waals surface area contributed by atoms with Gasteiger partial charge in [-0.1, -0.05) is 42.5 Å². The molecule has 2 heterocycles. The van der Waals surface area contributed by atoms with Crippen molar-refractivity contribution in [2.24, 2.45) is 0 Å². The molecule has 3 aromatic carbocycles. The van der Waals surface area contributed by atoms with Crippen LogP contribution >= 0.6 is 0 Å². The molecule has 30 heavy (non-hydrogen) atoms. The topological polar surface area (TPSA) is 81.5 Å². The zero-order chi connectivity index (χ0) is 20.7. The molecule has 146 valence electrons. The fourth-order valence-electron chi connectivity index (χ4n) is 3.49. The lowest BCUT2D eigenvalue weighted by Crippen LogP contribution is -2.48. The molecule has 2 amide bonds. The third-order valence-electron chi connectivity index (χ3n) is 4.90. The molecule has 4 aromatic rings. The molecule has 0 fully saturated rings. The van der Waals surface area contributed by atoms with Gasteiger partial charge in [0.05, 0.1) is 22.0 Å². The van der Waals surface area contributed by atoms with Gasteiger partial charge in [0, 0.05) is 0 Å². The smallest absolute Gasteiger partial charge is 0.281 e. The normalized spacial score (nSPS) is 13.0. The van der Waals surface area contributed by atoms with Crippen LogP contribution < -0.4 is 15.3 Å². The number of nitrogens with zero attached hydrogens (tertiary/aromatic N) is 3. The highest BCUT2D eigenvalue weighted by Gasteiger charge is 2.38. The van der Waals surface area contributed by atoms with Crippen LogP contribution in [-0.4, -0.2) is 21.5 Å². The Morgan fingerprint density at radius 2 is 1.33 bits per heavy atom. The summed E-state index contributed by atoms with van der Waals surface area (Å²) in [5.41, 5.74) is 0.443. The van der Waals surface area contributed by atoms with E-state index in [0.29, 0.717) is 16.7 Å². The Morgan fingerprint density at radius 3 is 2.03 bits per heavy atom. The molecule has 0 aliphatic carbocycles. The molecule has 0 bridgehead atoms. The quantitative estimate of drug-likeness (QED) is 0.495. The van der Waals surface area contributed by atoms with E-state index in [9.17, 15) is 14.4 Å². The molecule has 1 aliphatic heterocycles. The number of aromatic nitrogens is 2. The number of amides is 2. The molecule has 0 atom stereocenters. The second-order valence-electron chi connectivity index (χ2n) is 6.73. The van der Waals surface area contributed by atoms with Crippen molar-refractivity contribution in [3.8, 4) is 5.75 Å². The summed E-state index contributed by atoms with van der Waals surface area (Å²) in [5.74, 6) is -0.419. The van der Waals surface area contributed by atoms with Crippen LogP contribution in [0.4, 0.5) is 0 Å². The van der Waals surface area contributed by atoms with E-state index in [2.05, 4.69) is 4.98 Å². The summed E-state index contributed by atoms with van der Waals surface area (Å²) >= 11 is 0. The van der Waals surface area contributed by atoms with Crippen LogP contribution in [0.5, 0.6) is 5.75 Å². The molecule has 0 saturated heterocycles. The van der Waals surface area contributed by atoms with E-state index in [4.69, 9.17) is 4.74 Å². The maximum Gasteiger partial charge on any atom is 0.281 e. The Bertz CT molecular complexity index is 1330. The highest BCUT2D eigenvalue weighted by Crippen LogP contribution is 2.22. The van der Waals surface area contributed by atoms with Gasteiger partial charge >= 0.3 is 0 Å². The maximum absolute atomic E-state index is 13.3. The summed E-state index contributed by atoms with van der Waals surface area (Å²) in [6.07, 6.45) is 0. The monoisotopic (exact) mass is 397 g/mol. The first-order valence-corrected chi connectivity index (χ1v) is 9.32. The lowest BCUT2D eigenvalue weighted by molar-refractivity contribution is 0.0879. The van der Waals surface area contributed by atoms with Crippen molar-refractivity contribution >= 4 is 22.7 Å². The first-order valence-electron chi connectivity index (χ1n) is 9.32. The molecule has 0 spiro atoms. The molecule has 0 radical (unpaired) electrons. The van der Waals surface area contributed by atoms with Crippen LogP contribution in [0.25, 0.3) is 10.9 Å². The van der Waals surface area contributed by atoms with Crippen molar-refractivity contribution in [2.75, 3.05) is 5.01 Å². The highest BCUT2D eigenvalue weighted by molar-refractivity contribution is 6.30. The predicted molar refractivity (Wildman–Crippen MR) is 110 cm³/mol. The van der Waals surface area contributed by atoms with Crippen molar-refractivity contribution in [2.45, 2.75) is 6.61 Å². The van der Waals surface area contributed by atoms with E-state index < -0.39 is 17.4 Å². The zero-order valence-electron chi connectivity index (χ0n) is 15.7. The van der Waals surface area contributed by atoms with Gasteiger partial charge in [-0.25, -0.2) is 4.98 Å². The fourth-order valence-corrected chi connectivity index (χ4v) is 3.49. The third kappa shape index (κ3) is 2.76. The van der Waals surface area contributed by atoms with Crippen LogP contribution in [0, 0.1) is 0 Å². The summed E-state index contributed by atoms with van der Waals surface area (Å²) in [6.45, 7) is -0.0997. The molecule has 7 nitrogen and oxygen atoms in total. The Labute approximate surface area is 170 Å². The Kier molecular flexibility index (Phi) is 4.14. The number of carbonyl (C=O) groups is 2. The van der Waals surface area contributed by atoms with Gasteiger partial charge in [0.25, 0.3) is 17.4 Å². The van der Waals surface area contributed by atoms with Gasteiger partial charge in [0.15, 0.2) is 5.82 Å². The largest absolute Gasteiger partial charge is 0.486 e. The minimum atomic E-state index is -0.573. The average molecular weight is 397 g/mol. The first-order chi connectivity index (χ1) is 14.6. The highest BCUT2D eigenvalue weighted by atomic mass is 16.5. The van der Waals surface area contributed by atoms with E-state index in [-0.39, 0.29) is 23.6 Å². The minimum Gasteiger partial charge on any atom is -0.486 e. The van der Waals surface area contributed by atoms with Crippen molar-refractivity contribution in [1.82, 2.24) is 9.66 Å². The van der Waals surface area contributed by atoms with Gasteiger partial charge in [-0.05, 0) is 36.4 Å². The van der Waals surface area contributed by atoms with Gasteiger partial charge in [0.2, 0.25) is 0 Å². The zero-order valence-corrected chi connectivity index (χ0v) is 15.7. The predicted octanol–water partition coefficient (Wildman–Crippen LogP) is 2.91. The molecule has 7 heteroatoms. The minimum absolute atomic E-state index is 0.0997. The number of para-hydroxylation sites is 2. The van der Waals surface area contributed by atoms with Crippen LogP contribution in [0.15, 0.2) is 83.7 Å². The van der Waals surface area contributed by atoms with E-state index in [1.807, 2.05) is 18.2 Å². The fraction of sp³-hybridized carbons (Fsp3) is 0.0435. The summed E-state index contributed by atoms with van der Waals surface area (Å²) in [5, 5.41) is 1.15. The van der Waals surface area contributed by atoms with Crippen LogP contribution in [0.2, 0.25) is 0 Å². The lowest BCUT2D eigenvalue weighted by Gasteiger charge is -2.20. The van der Waals surface area contributed by atoms with Gasteiger partial charge in [-0.15, -0.1) is 0 Å². The summed E-state index contributed by atoms with van der Waals surface area (Å²) in [4.78, 5) is 43.8. The second kappa shape index (κ2) is 6.97. The Hall–Kier alpha value is -4.26. The van der Waals surface area contributed by atoms with E-state index >= 15 is 0 Å². The number of carbonyl (C=O) groups excluding carboxylic acids is 2. The van der Waals surface area contributed by atoms with Gasteiger partial charge in [0.1, 0.15) is 12.4 Å². The number of imide groups is 1. The van der Waals surface area contributed by atoms with Gasteiger partial charge < -0.3 is 4.74 Å². The van der Waals surface area contributed by atoms with Gasteiger partial charge in [-0.3, -0.25) is 14.4 Å². The molecule has 0 unspecified atom stereocenters. The van der Waals surface area contributed by atoms with Crippen LogP contribution in [-0.2, 0) is 6.61 Å². The van der Waals surface area contributed by atoms with E-state index in [1.54, 1.807) is 60.7 Å². The summed E-state index contributed by atoms with van der Waals surface area (Å²) < 4.78 is 6.80. The summed E-state index contributed by atoms with van der Waals surface area (Å²) in [7, 11) is 0. The maximum atomic E-state index is 13.3. The third-order valence-corrected chi connectivity index (χ3v) is 4.90. The summed E-state index contributed by atoms with van der Waals surface area (Å²) in [6, 6.07) is 22.3. The van der Waals surface area contributed by atoms with Crippen LogP contribution in [0.1, 0.15) is 26.5 Å². The molecule has 1 aliphatic rings. The number of ether oxygens (including phenoxy) is 1. The van der Waals surface area contributed by atoms with Crippen LogP contribution in [0.3, 0.4) is 0 Å². The number of rotatable bonds is 4. The van der Waals surface area contributed by atoms with E-state index in [0.717, 1.165) is 9.69 Å². The number of hydrogen-bond donors (Lipinski definition) is 0. The van der Waals surface area contributed by atoms with Crippen molar-refractivity contribution in [3.63, 3.8) is 0 Å². The van der Waals surface area contributed by atoms with Crippen molar-refractivity contribution in [3.05, 3.63) is 106 Å². The lowest BCUT2D eigenvalue weighted by atomic mass is 10.1. The molecular weight excluding hydrogens is 382 g/mol. The SMILES string of the molecule is O=C1c2ccccc2C(=O)N1n1c(COc2ccccc2)nc2ccccc2c1=O. The van der Waals surface area contributed by atoms with Gasteiger partial charge in [-0.2, -0.15) is 9.69 Å². The molecule has 1 aromatic heterocycles. The van der Waals surface area contributed by atoms with E-state index in [1.165, 1.54) is 0 Å². The van der Waals surface area contributed by atoms with Crippen molar-refractivity contribution in [1.29, 1.82) is 0 Å². The second-order valence-corrected chi connectivity index (χ2v) is 6.73. The number of hydrogen-bond acceptors (Lipinski definition) is 5. The number of fused-ring (bicyclic) bond motifs is 2. The Morgan fingerprint density at radius 1 is 0.733 bits per heavy atom. The molecule has 0 N–H and O–H groups in total.